The predicted molar refractivity (Wildman–Crippen MR) is 209 cm³/mol. The van der Waals surface area contributed by atoms with Crippen LogP contribution in [0.2, 0.25) is 5.02 Å². The van der Waals surface area contributed by atoms with Crippen molar-refractivity contribution >= 4 is 63.3 Å². The first-order chi connectivity index (χ1) is 26.6. The second-order valence-electron chi connectivity index (χ2n) is 13.6. The maximum Gasteiger partial charge on any atom is 0.407 e. The number of amides is 3. The van der Waals surface area contributed by atoms with Crippen LogP contribution >= 0.6 is 23.4 Å². The fraction of sp³-hybridized carbons (Fsp3) is 0.308. The van der Waals surface area contributed by atoms with Crippen LogP contribution in [0.5, 0.6) is 11.5 Å². The van der Waals surface area contributed by atoms with E-state index in [1.165, 1.54) is 51.9 Å². The van der Waals surface area contributed by atoms with Gasteiger partial charge in [0.25, 0.3) is 11.5 Å². The Morgan fingerprint density at radius 2 is 1.68 bits per heavy atom. The number of pyridine rings is 1. The zero-order valence-corrected chi connectivity index (χ0v) is 32.3. The number of carbonyl (C=O) groups excluding carboxylic acids is 2. The van der Waals surface area contributed by atoms with E-state index in [1.807, 2.05) is 0 Å². The molecule has 17 heteroatoms. The van der Waals surface area contributed by atoms with Crippen LogP contribution in [0.1, 0.15) is 39.2 Å². The Morgan fingerprint density at radius 3 is 2.34 bits per heavy atom. The molecular formula is C39H40ClFN4O10S. The summed E-state index contributed by atoms with van der Waals surface area (Å²) < 4.78 is 31.6. The lowest BCUT2D eigenvalue weighted by Crippen LogP contribution is -2.37. The lowest BCUT2D eigenvalue weighted by Gasteiger charge is -2.21. The summed E-state index contributed by atoms with van der Waals surface area (Å²) in [4.78, 5) is 65.0. The number of nitrogens with zero attached hydrogens (tertiary/aromatic N) is 2. The van der Waals surface area contributed by atoms with Crippen LogP contribution in [0.3, 0.4) is 0 Å². The third kappa shape index (κ3) is 10.9. The number of carboxylic acid groups (broad SMARTS) is 1. The van der Waals surface area contributed by atoms with Crippen LogP contribution in [0.15, 0.2) is 90.5 Å². The summed E-state index contributed by atoms with van der Waals surface area (Å²) in [6.07, 6.45) is -1.05. The summed E-state index contributed by atoms with van der Waals surface area (Å²) in [5, 5.41) is 26.6. The number of ether oxygens (including phenoxy) is 2. The number of alkyl carbamates (subject to hydrolysis) is 1. The third-order valence-corrected chi connectivity index (χ3v) is 9.42. The van der Waals surface area contributed by atoms with Crippen molar-refractivity contribution in [1.29, 1.82) is 0 Å². The van der Waals surface area contributed by atoms with E-state index in [0.717, 1.165) is 11.8 Å². The van der Waals surface area contributed by atoms with Gasteiger partial charge < -0.3 is 44.2 Å². The largest absolute Gasteiger partial charge is 0.505 e. The summed E-state index contributed by atoms with van der Waals surface area (Å²) in [6, 6.07) is 16.6. The number of hydrogen-bond donors (Lipinski definition) is 4. The smallest absolute Gasteiger partial charge is 0.407 e. The van der Waals surface area contributed by atoms with E-state index in [0.29, 0.717) is 28.3 Å². The molecule has 2 heterocycles. The fourth-order valence-corrected chi connectivity index (χ4v) is 6.75. The SMILES string of the molecule is CC(C)(C)OC(=O)NCCCN(CCCNC(=O)COc1ccc2c3oc(=O)c(Sc4cccc(Cl)c4)c(O)c3c(=O)n(Cc3ccc(F)cc3)c2c1)C(=O)O. The first-order valence-corrected chi connectivity index (χ1v) is 18.7. The fourth-order valence-electron chi connectivity index (χ4n) is 5.60. The standard InChI is InChI=1S/C39H40ClFN4O10S/c1-39(2,3)55-37(50)43-16-6-18-44(38(51)52)17-5-15-42-30(46)22-53-26-13-14-28-29(20-26)45(21-23-9-11-25(41)12-10-23)35(48)31-32(47)34(36(49)54-33(28)31)56-27-8-4-7-24(40)19-27/h4,7-14,19-20,47H,5-6,15-18,21-22H2,1-3H3,(H,42,46)(H,43,50)(H,51,52). The zero-order chi connectivity index (χ0) is 40.6. The summed E-state index contributed by atoms with van der Waals surface area (Å²) in [5.41, 5.74) is -1.57. The van der Waals surface area contributed by atoms with Gasteiger partial charge in [-0.3, -0.25) is 9.59 Å². The van der Waals surface area contributed by atoms with Crippen molar-refractivity contribution in [3.63, 3.8) is 0 Å². The number of benzene rings is 3. The molecule has 0 aliphatic heterocycles. The van der Waals surface area contributed by atoms with Crippen LogP contribution in [-0.2, 0) is 16.1 Å². The molecule has 0 atom stereocenters. The van der Waals surface area contributed by atoms with E-state index in [-0.39, 0.29) is 65.2 Å². The Labute approximate surface area is 329 Å². The molecule has 5 aromatic rings. The third-order valence-electron chi connectivity index (χ3n) is 8.13. The minimum absolute atomic E-state index is 0.0571. The molecule has 0 aliphatic carbocycles. The minimum Gasteiger partial charge on any atom is -0.505 e. The molecular weight excluding hydrogens is 771 g/mol. The number of hydrogen-bond acceptors (Lipinski definition) is 10. The van der Waals surface area contributed by atoms with Gasteiger partial charge in [-0.1, -0.05) is 41.6 Å². The lowest BCUT2D eigenvalue weighted by molar-refractivity contribution is -0.123. The van der Waals surface area contributed by atoms with Crippen LogP contribution < -0.4 is 26.6 Å². The van der Waals surface area contributed by atoms with E-state index >= 15 is 0 Å². The van der Waals surface area contributed by atoms with Crippen LogP contribution in [0.4, 0.5) is 14.0 Å². The number of rotatable bonds is 15. The molecule has 14 nitrogen and oxygen atoms in total. The molecule has 296 valence electrons. The summed E-state index contributed by atoms with van der Waals surface area (Å²) >= 11 is 6.99. The molecule has 0 spiro atoms. The highest BCUT2D eigenvalue weighted by molar-refractivity contribution is 7.99. The predicted octanol–water partition coefficient (Wildman–Crippen LogP) is 6.59. The van der Waals surface area contributed by atoms with Gasteiger partial charge in [0.05, 0.1) is 12.1 Å². The molecule has 56 heavy (non-hydrogen) atoms. The van der Waals surface area contributed by atoms with E-state index in [9.17, 15) is 38.6 Å². The van der Waals surface area contributed by atoms with Gasteiger partial charge >= 0.3 is 17.8 Å². The maximum absolute atomic E-state index is 14.1. The zero-order valence-electron chi connectivity index (χ0n) is 30.7. The summed E-state index contributed by atoms with van der Waals surface area (Å²) in [7, 11) is 0. The van der Waals surface area contributed by atoms with Crippen molar-refractivity contribution in [3.05, 3.63) is 104 Å². The summed E-state index contributed by atoms with van der Waals surface area (Å²) in [5.74, 6) is -1.34. The summed E-state index contributed by atoms with van der Waals surface area (Å²) in [6.45, 7) is 5.42. The minimum atomic E-state index is -1.13. The van der Waals surface area contributed by atoms with E-state index in [4.69, 9.17) is 25.5 Å². The van der Waals surface area contributed by atoms with Crippen molar-refractivity contribution in [2.24, 2.45) is 0 Å². The van der Waals surface area contributed by atoms with E-state index in [1.54, 1.807) is 45.0 Å². The number of carbonyl (C=O) groups is 3. The van der Waals surface area contributed by atoms with Crippen molar-refractivity contribution in [3.8, 4) is 11.5 Å². The number of aromatic nitrogens is 1. The van der Waals surface area contributed by atoms with Crippen LogP contribution in [0.25, 0.3) is 21.9 Å². The average molecular weight is 811 g/mol. The van der Waals surface area contributed by atoms with Gasteiger partial charge in [0.1, 0.15) is 27.4 Å². The van der Waals surface area contributed by atoms with Gasteiger partial charge in [-0.2, -0.15) is 0 Å². The molecule has 0 fully saturated rings. The molecule has 3 aromatic carbocycles. The topological polar surface area (TPSA) is 190 Å². The quantitative estimate of drug-likeness (QED) is 0.0660. The van der Waals surface area contributed by atoms with Crippen LogP contribution in [-0.4, -0.2) is 76.2 Å². The first-order valence-electron chi connectivity index (χ1n) is 17.5. The molecule has 0 radical (unpaired) electrons. The Bertz CT molecular complexity index is 2360. The van der Waals surface area contributed by atoms with E-state index < -0.39 is 53.1 Å². The normalized spacial score (nSPS) is 11.4. The van der Waals surface area contributed by atoms with E-state index in [2.05, 4.69) is 10.6 Å². The Balaban J connectivity index is 1.29. The monoisotopic (exact) mass is 810 g/mol. The molecule has 0 bridgehead atoms. The second kappa shape index (κ2) is 18.3. The average Bonchev–Trinajstić information content (AvgIpc) is 3.13. The molecule has 0 saturated heterocycles. The van der Waals surface area contributed by atoms with Gasteiger partial charge in [-0.05, 0) is 81.6 Å². The van der Waals surface area contributed by atoms with Gasteiger partial charge in [-0.25, -0.2) is 18.8 Å². The Hall–Kier alpha value is -5.74. The second-order valence-corrected chi connectivity index (χ2v) is 15.1. The molecule has 4 N–H and O–H groups in total. The van der Waals surface area contributed by atoms with Crippen molar-refractivity contribution in [2.75, 3.05) is 32.8 Å². The highest BCUT2D eigenvalue weighted by Gasteiger charge is 2.23. The van der Waals surface area contributed by atoms with Crippen molar-refractivity contribution in [2.45, 2.75) is 55.5 Å². The van der Waals surface area contributed by atoms with Crippen molar-refractivity contribution < 1.29 is 42.9 Å². The number of nitrogens with one attached hydrogen (secondary N) is 2. The van der Waals surface area contributed by atoms with Crippen molar-refractivity contribution in [1.82, 2.24) is 20.1 Å². The molecule has 5 rings (SSSR count). The van der Waals surface area contributed by atoms with Crippen LogP contribution in [0, 0.1) is 5.82 Å². The molecule has 0 aliphatic rings. The number of aromatic hydroxyl groups is 1. The molecule has 0 saturated carbocycles. The highest BCUT2D eigenvalue weighted by atomic mass is 35.5. The maximum atomic E-state index is 14.1. The lowest BCUT2D eigenvalue weighted by atomic mass is 10.1. The number of halogens is 2. The first kappa shape index (κ1) is 41.4. The molecule has 0 unspecified atom stereocenters. The van der Waals surface area contributed by atoms with Gasteiger partial charge in [-0.15, -0.1) is 0 Å². The molecule has 2 aromatic heterocycles. The molecule has 3 amide bonds. The Kier molecular flexibility index (Phi) is 13.5. The van der Waals surface area contributed by atoms with Gasteiger partial charge in [0, 0.05) is 47.5 Å². The highest BCUT2D eigenvalue weighted by Crippen LogP contribution is 2.38. The van der Waals surface area contributed by atoms with Gasteiger partial charge in [0.15, 0.2) is 17.9 Å². The Morgan fingerprint density at radius 1 is 0.982 bits per heavy atom. The number of fused-ring (bicyclic) bond motifs is 3. The van der Waals surface area contributed by atoms with Gasteiger partial charge in [0.2, 0.25) is 0 Å².